The molecule has 0 saturated carbocycles. The summed E-state index contributed by atoms with van der Waals surface area (Å²) in [6, 6.07) is 17.0. The Bertz CT molecular complexity index is 1380. The van der Waals surface area contributed by atoms with Crippen LogP contribution in [-0.2, 0) is 16.1 Å². The van der Waals surface area contributed by atoms with Crippen molar-refractivity contribution < 1.29 is 14.3 Å². The van der Waals surface area contributed by atoms with Gasteiger partial charge in [-0.2, -0.15) is 5.10 Å². The van der Waals surface area contributed by atoms with Gasteiger partial charge in [0.05, 0.1) is 18.4 Å². The summed E-state index contributed by atoms with van der Waals surface area (Å²) in [6.45, 7) is 4.09. The average molecular weight is 440 g/mol. The molecule has 3 heterocycles. The van der Waals surface area contributed by atoms with Crippen molar-refractivity contribution >= 4 is 28.7 Å². The number of para-hydroxylation sites is 1. The molecule has 0 unspecified atom stereocenters. The Hall–Kier alpha value is -4.53. The molecular formula is C24H20N6O3. The standard InChI is InChI=1S/C24H20N6O3/c1-15-13-19(31)29(24(15)32)11-12-30-23-20(22(25)26-14-27-23)21(28-30)16-7-9-18(10-8-16)33-17-5-3-2-4-6-17/h2-10,14H,1,11-13H2,(H2,25,26,27). The number of amides is 2. The second-order valence-corrected chi connectivity index (χ2v) is 7.60. The number of hydrogen-bond acceptors (Lipinski definition) is 7. The van der Waals surface area contributed by atoms with Crippen molar-refractivity contribution in [3.8, 4) is 22.8 Å². The van der Waals surface area contributed by atoms with Crippen molar-refractivity contribution in [3.05, 3.63) is 73.1 Å². The minimum atomic E-state index is -0.347. The number of benzene rings is 2. The van der Waals surface area contributed by atoms with E-state index in [1.54, 1.807) is 4.68 Å². The Balaban J connectivity index is 1.44. The molecule has 2 amide bonds. The minimum absolute atomic E-state index is 0.0520. The molecule has 1 aliphatic heterocycles. The number of anilines is 1. The first-order chi connectivity index (χ1) is 16.0. The summed E-state index contributed by atoms with van der Waals surface area (Å²) in [6.07, 6.45) is 1.42. The van der Waals surface area contributed by atoms with Crippen LogP contribution in [0.1, 0.15) is 6.42 Å². The van der Waals surface area contributed by atoms with Crippen LogP contribution in [0.4, 0.5) is 5.82 Å². The molecule has 33 heavy (non-hydrogen) atoms. The number of likely N-dealkylation sites (tertiary alicyclic amines) is 1. The molecule has 5 rings (SSSR count). The number of rotatable bonds is 6. The van der Waals surface area contributed by atoms with E-state index >= 15 is 0 Å². The van der Waals surface area contributed by atoms with Crippen molar-refractivity contribution in [1.82, 2.24) is 24.6 Å². The maximum atomic E-state index is 12.2. The molecule has 1 saturated heterocycles. The maximum Gasteiger partial charge on any atom is 0.256 e. The SMILES string of the molecule is C=C1CC(=O)N(CCn2nc(-c3ccc(Oc4ccccc4)cc3)c3c(N)ncnc32)C1=O. The van der Waals surface area contributed by atoms with Crippen LogP contribution in [0.5, 0.6) is 11.5 Å². The van der Waals surface area contributed by atoms with Crippen molar-refractivity contribution in [2.45, 2.75) is 13.0 Å². The van der Waals surface area contributed by atoms with Gasteiger partial charge in [0.2, 0.25) is 5.91 Å². The second-order valence-electron chi connectivity index (χ2n) is 7.60. The number of fused-ring (bicyclic) bond motifs is 1. The Morgan fingerprint density at radius 3 is 2.39 bits per heavy atom. The van der Waals surface area contributed by atoms with E-state index in [9.17, 15) is 9.59 Å². The molecule has 0 bridgehead atoms. The molecule has 0 atom stereocenters. The van der Waals surface area contributed by atoms with Gasteiger partial charge < -0.3 is 10.5 Å². The van der Waals surface area contributed by atoms with Gasteiger partial charge in [-0.15, -0.1) is 0 Å². The van der Waals surface area contributed by atoms with Crippen LogP contribution in [0.3, 0.4) is 0 Å². The maximum absolute atomic E-state index is 12.2. The van der Waals surface area contributed by atoms with Gasteiger partial charge in [-0.25, -0.2) is 14.6 Å². The lowest BCUT2D eigenvalue weighted by Crippen LogP contribution is -2.32. The number of imide groups is 1. The molecule has 2 N–H and O–H groups in total. The fourth-order valence-corrected chi connectivity index (χ4v) is 3.77. The monoisotopic (exact) mass is 440 g/mol. The number of carbonyl (C=O) groups excluding carboxylic acids is 2. The second kappa shape index (κ2) is 8.19. The Morgan fingerprint density at radius 2 is 1.70 bits per heavy atom. The number of nitrogens with two attached hydrogens (primary N) is 1. The van der Waals surface area contributed by atoms with E-state index < -0.39 is 0 Å². The zero-order valence-electron chi connectivity index (χ0n) is 17.6. The first-order valence-corrected chi connectivity index (χ1v) is 10.3. The summed E-state index contributed by atoms with van der Waals surface area (Å²) in [5, 5.41) is 5.29. The van der Waals surface area contributed by atoms with Crippen LogP contribution in [0.2, 0.25) is 0 Å². The number of nitrogen functional groups attached to an aromatic ring is 1. The van der Waals surface area contributed by atoms with Crippen LogP contribution in [0.15, 0.2) is 73.1 Å². The molecule has 2 aromatic heterocycles. The Kier molecular flexibility index (Phi) is 5.06. The lowest BCUT2D eigenvalue weighted by atomic mass is 10.1. The van der Waals surface area contributed by atoms with Gasteiger partial charge in [-0.05, 0) is 36.4 Å². The van der Waals surface area contributed by atoms with Crippen LogP contribution in [0, 0.1) is 0 Å². The topological polar surface area (TPSA) is 116 Å². The van der Waals surface area contributed by atoms with Gasteiger partial charge in [0.25, 0.3) is 5.91 Å². The number of hydrogen-bond donors (Lipinski definition) is 1. The van der Waals surface area contributed by atoms with Crippen molar-refractivity contribution in [2.24, 2.45) is 0 Å². The van der Waals surface area contributed by atoms with E-state index in [2.05, 4.69) is 21.6 Å². The summed E-state index contributed by atoms with van der Waals surface area (Å²) in [4.78, 5) is 33.9. The van der Waals surface area contributed by atoms with Gasteiger partial charge in [0.15, 0.2) is 5.65 Å². The minimum Gasteiger partial charge on any atom is -0.457 e. The molecule has 0 radical (unpaired) electrons. The fourth-order valence-electron chi connectivity index (χ4n) is 3.77. The van der Waals surface area contributed by atoms with Gasteiger partial charge in [0.1, 0.15) is 29.3 Å². The predicted molar refractivity (Wildman–Crippen MR) is 122 cm³/mol. The summed E-state index contributed by atoms with van der Waals surface area (Å²) in [7, 11) is 0. The highest BCUT2D eigenvalue weighted by Crippen LogP contribution is 2.32. The average Bonchev–Trinajstić information content (AvgIpc) is 3.31. The first kappa shape index (κ1) is 20.4. The van der Waals surface area contributed by atoms with E-state index in [1.807, 2.05) is 54.6 Å². The molecule has 9 nitrogen and oxygen atoms in total. The summed E-state index contributed by atoms with van der Waals surface area (Å²) < 4.78 is 7.50. The fraction of sp³-hybridized carbons (Fsp3) is 0.125. The summed E-state index contributed by atoms with van der Waals surface area (Å²) in [5.41, 5.74) is 8.41. The molecule has 4 aromatic rings. The van der Waals surface area contributed by atoms with E-state index in [4.69, 9.17) is 10.5 Å². The zero-order valence-corrected chi connectivity index (χ0v) is 17.6. The Morgan fingerprint density at radius 1 is 0.970 bits per heavy atom. The largest absolute Gasteiger partial charge is 0.457 e. The van der Waals surface area contributed by atoms with Gasteiger partial charge in [-0.3, -0.25) is 14.5 Å². The van der Waals surface area contributed by atoms with E-state index in [1.165, 1.54) is 11.2 Å². The van der Waals surface area contributed by atoms with Gasteiger partial charge in [-0.1, -0.05) is 24.8 Å². The van der Waals surface area contributed by atoms with Crippen molar-refractivity contribution in [1.29, 1.82) is 0 Å². The summed E-state index contributed by atoms with van der Waals surface area (Å²) in [5.74, 6) is 1.12. The molecule has 0 spiro atoms. The first-order valence-electron chi connectivity index (χ1n) is 10.3. The van der Waals surface area contributed by atoms with Gasteiger partial charge in [0, 0.05) is 17.7 Å². The summed E-state index contributed by atoms with van der Waals surface area (Å²) >= 11 is 0. The van der Waals surface area contributed by atoms with E-state index in [-0.39, 0.29) is 31.3 Å². The quantitative estimate of drug-likeness (QED) is 0.361. The van der Waals surface area contributed by atoms with Crippen molar-refractivity contribution in [2.75, 3.05) is 12.3 Å². The highest BCUT2D eigenvalue weighted by atomic mass is 16.5. The molecule has 2 aromatic carbocycles. The van der Waals surface area contributed by atoms with Gasteiger partial charge >= 0.3 is 0 Å². The zero-order chi connectivity index (χ0) is 22.9. The molecule has 0 aliphatic carbocycles. The smallest absolute Gasteiger partial charge is 0.256 e. The van der Waals surface area contributed by atoms with E-state index in [0.29, 0.717) is 33.9 Å². The lowest BCUT2D eigenvalue weighted by Gasteiger charge is -2.13. The van der Waals surface area contributed by atoms with Crippen molar-refractivity contribution in [3.63, 3.8) is 0 Å². The third-order valence-electron chi connectivity index (χ3n) is 5.41. The molecule has 164 valence electrons. The molecular weight excluding hydrogens is 420 g/mol. The lowest BCUT2D eigenvalue weighted by molar-refractivity contribution is -0.137. The molecule has 1 fully saturated rings. The highest BCUT2D eigenvalue weighted by Gasteiger charge is 2.32. The van der Waals surface area contributed by atoms with E-state index in [0.717, 1.165) is 11.3 Å². The van der Waals surface area contributed by atoms with Crippen LogP contribution in [-0.4, -0.2) is 43.0 Å². The Labute approximate surface area is 189 Å². The number of aromatic nitrogens is 4. The van der Waals surface area contributed by atoms with Crippen LogP contribution in [0.25, 0.3) is 22.3 Å². The van der Waals surface area contributed by atoms with Crippen LogP contribution < -0.4 is 10.5 Å². The third kappa shape index (κ3) is 3.80. The molecule has 9 heteroatoms. The third-order valence-corrected chi connectivity index (χ3v) is 5.41. The number of nitrogens with zero attached hydrogens (tertiary/aromatic N) is 5. The highest BCUT2D eigenvalue weighted by molar-refractivity contribution is 6.12. The number of ether oxygens (including phenoxy) is 1. The normalized spacial score (nSPS) is 13.8. The van der Waals surface area contributed by atoms with Crippen LogP contribution >= 0.6 is 0 Å². The molecule has 1 aliphatic rings. The predicted octanol–water partition coefficient (Wildman–Crippen LogP) is 3.18. The number of carbonyl (C=O) groups is 2.